The Labute approximate surface area is 112 Å². The fourth-order valence-corrected chi connectivity index (χ4v) is 2.07. The van der Waals surface area contributed by atoms with Crippen molar-refractivity contribution in [2.45, 2.75) is 25.8 Å². The number of carbonyl (C=O) groups is 1. The summed E-state index contributed by atoms with van der Waals surface area (Å²) in [6.07, 6.45) is 3.48. The molecule has 1 aromatic rings. The molecule has 0 aliphatic heterocycles. The lowest BCUT2D eigenvalue weighted by Gasteiger charge is -2.15. The third-order valence-electron chi connectivity index (χ3n) is 2.25. The maximum absolute atomic E-state index is 11.8. The number of nitrogens with one attached hydrogen (secondary N) is 1. The third kappa shape index (κ3) is 4.22. The van der Waals surface area contributed by atoms with Gasteiger partial charge in [-0.15, -0.1) is 0 Å². The van der Waals surface area contributed by atoms with Crippen LogP contribution in [0.25, 0.3) is 0 Å². The molecule has 0 fully saturated rings. The van der Waals surface area contributed by atoms with E-state index in [1.54, 1.807) is 12.3 Å². The third-order valence-corrected chi connectivity index (χ3v) is 3.17. The van der Waals surface area contributed by atoms with Crippen molar-refractivity contribution >= 4 is 37.8 Å². The molecule has 0 saturated heterocycles. The summed E-state index contributed by atoms with van der Waals surface area (Å²) < 4.78 is 0.872. The number of alkyl halides is 1. The summed E-state index contributed by atoms with van der Waals surface area (Å²) in [5.74, 6) is -0.111. The Balaban J connectivity index is 2.60. The minimum atomic E-state index is -0.111. The maximum atomic E-state index is 11.8. The van der Waals surface area contributed by atoms with E-state index in [2.05, 4.69) is 49.1 Å². The Bertz CT molecular complexity index is 340. The summed E-state index contributed by atoms with van der Waals surface area (Å²) in [5.41, 5.74) is 0.455. The molecule has 1 atom stereocenters. The van der Waals surface area contributed by atoms with Crippen molar-refractivity contribution in [2.75, 3.05) is 5.33 Å². The van der Waals surface area contributed by atoms with Crippen molar-refractivity contribution in [1.82, 2.24) is 10.3 Å². The van der Waals surface area contributed by atoms with E-state index < -0.39 is 0 Å². The molecule has 0 saturated carbocycles. The average molecular weight is 350 g/mol. The van der Waals surface area contributed by atoms with Crippen LogP contribution >= 0.6 is 31.9 Å². The molecule has 0 spiro atoms. The largest absolute Gasteiger partial charge is 0.348 e. The van der Waals surface area contributed by atoms with E-state index in [9.17, 15) is 4.79 Å². The molecule has 0 aliphatic rings. The van der Waals surface area contributed by atoms with Gasteiger partial charge in [-0.05, 0) is 40.9 Å². The van der Waals surface area contributed by atoms with E-state index in [0.29, 0.717) is 5.69 Å². The second-order valence-electron chi connectivity index (χ2n) is 3.42. The minimum absolute atomic E-state index is 0.111. The molecule has 1 N–H and O–H groups in total. The van der Waals surface area contributed by atoms with Crippen LogP contribution in [0.1, 0.15) is 30.3 Å². The molecule has 5 heteroatoms. The molecule has 0 radical (unpaired) electrons. The first-order valence-corrected chi connectivity index (χ1v) is 7.07. The standard InChI is InChI=1S/C11H14Br2N2O/c1-2-9(5-6-12)15-11(16)10-4-3-8(13)7-14-10/h3-4,7,9H,2,5-6H2,1H3,(H,15,16). The van der Waals surface area contributed by atoms with Gasteiger partial charge in [0.25, 0.3) is 5.91 Å². The predicted molar refractivity (Wildman–Crippen MR) is 71.9 cm³/mol. The van der Waals surface area contributed by atoms with Gasteiger partial charge in [-0.25, -0.2) is 4.98 Å². The summed E-state index contributed by atoms with van der Waals surface area (Å²) in [6, 6.07) is 3.73. The number of rotatable bonds is 5. The zero-order chi connectivity index (χ0) is 12.0. The van der Waals surface area contributed by atoms with E-state index in [4.69, 9.17) is 0 Å². The summed E-state index contributed by atoms with van der Waals surface area (Å²) in [7, 11) is 0. The molecule has 1 heterocycles. The molecule has 16 heavy (non-hydrogen) atoms. The van der Waals surface area contributed by atoms with Gasteiger partial charge in [0.2, 0.25) is 0 Å². The first kappa shape index (κ1) is 13.6. The molecule has 3 nitrogen and oxygen atoms in total. The first-order chi connectivity index (χ1) is 7.67. The molecule has 0 bridgehead atoms. The van der Waals surface area contributed by atoms with Crippen LogP contribution in [0.5, 0.6) is 0 Å². The van der Waals surface area contributed by atoms with Crippen LogP contribution in [0.15, 0.2) is 22.8 Å². The Morgan fingerprint density at radius 3 is 2.81 bits per heavy atom. The second kappa shape index (κ2) is 7.01. The van der Waals surface area contributed by atoms with Crippen LogP contribution in [0, 0.1) is 0 Å². The Morgan fingerprint density at radius 1 is 1.56 bits per heavy atom. The Hall–Kier alpha value is -0.420. The molecule has 1 rings (SSSR count). The van der Waals surface area contributed by atoms with E-state index >= 15 is 0 Å². The van der Waals surface area contributed by atoms with Gasteiger partial charge < -0.3 is 5.32 Å². The molecule has 0 aliphatic carbocycles. The lowest BCUT2D eigenvalue weighted by molar-refractivity contribution is 0.0930. The van der Waals surface area contributed by atoms with Gasteiger partial charge in [-0.2, -0.15) is 0 Å². The molecule has 1 unspecified atom stereocenters. The van der Waals surface area contributed by atoms with E-state index in [-0.39, 0.29) is 11.9 Å². The van der Waals surface area contributed by atoms with E-state index in [1.807, 2.05) is 6.07 Å². The van der Waals surface area contributed by atoms with Crippen LogP contribution in [0.4, 0.5) is 0 Å². The topological polar surface area (TPSA) is 42.0 Å². The van der Waals surface area contributed by atoms with Crippen LogP contribution in [-0.2, 0) is 0 Å². The van der Waals surface area contributed by atoms with Crippen molar-refractivity contribution in [2.24, 2.45) is 0 Å². The summed E-state index contributed by atoms with van der Waals surface area (Å²) in [5, 5.41) is 3.85. The monoisotopic (exact) mass is 348 g/mol. The lowest BCUT2D eigenvalue weighted by atomic mass is 10.1. The van der Waals surface area contributed by atoms with Crippen LogP contribution in [0.3, 0.4) is 0 Å². The zero-order valence-electron chi connectivity index (χ0n) is 9.04. The molecule has 1 aromatic heterocycles. The number of aromatic nitrogens is 1. The first-order valence-electron chi connectivity index (χ1n) is 5.15. The number of hydrogen-bond donors (Lipinski definition) is 1. The lowest BCUT2D eigenvalue weighted by Crippen LogP contribution is -2.35. The van der Waals surface area contributed by atoms with Crippen molar-refractivity contribution < 1.29 is 4.79 Å². The van der Waals surface area contributed by atoms with E-state index in [0.717, 1.165) is 22.6 Å². The fraction of sp³-hybridized carbons (Fsp3) is 0.455. The Kier molecular flexibility index (Phi) is 5.98. The van der Waals surface area contributed by atoms with Crippen LogP contribution < -0.4 is 5.32 Å². The predicted octanol–water partition coefficient (Wildman–Crippen LogP) is 3.14. The van der Waals surface area contributed by atoms with Gasteiger partial charge >= 0.3 is 0 Å². The number of carbonyl (C=O) groups excluding carboxylic acids is 1. The SMILES string of the molecule is CCC(CCBr)NC(=O)c1ccc(Br)cn1. The highest BCUT2D eigenvalue weighted by atomic mass is 79.9. The highest BCUT2D eigenvalue weighted by Gasteiger charge is 2.12. The van der Waals surface area contributed by atoms with Crippen molar-refractivity contribution in [1.29, 1.82) is 0 Å². The average Bonchev–Trinajstić information content (AvgIpc) is 2.29. The zero-order valence-corrected chi connectivity index (χ0v) is 12.2. The van der Waals surface area contributed by atoms with Gasteiger partial charge in [0.05, 0.1) is 0 Å². The highest BCUT2D eigenvalue weighted by Crippen LogP contribution is 2.08. The fourth-order valence-electron chi connectivity index (χ4n) is 1.28. The minimum Gasteiger partial charge on any atom is -0.348 e. The van der Waals surface area contributed by atoms with Gasteiger partial charge in [-0.1, -0.05) is 22.9 Å². The number of hydrogen-bond acceptors (Lipinski definition) is 2. The van der Waals surface area contributed by atoms with Gasteiger partial charge in [0.15, 0.2) is 0 Å². The molecule has 88 valence electrons. The summed E-state index contributed by atoms with van der Waals surface area (Å²) in [4.78, 5) is 15.9. The van der Waals surface area contributed by atoms with Crippen molar-refractivity contribution in [3.05, 3.63) is 28.5 Å². The molecular formula is C11H14Br2N2O. The van der Waals surface area contributed by atoms with Gasteiger partial charge in [0, 0.05) is 22.0 Å². The second-order valence-corrected chi connectivity index (χ2v) is 5.13. The Morgan fingerprint density at radius 2 is 2.31 bits per heavy atom. The van der Waals surface area contributed by atoms with E-state index in [1.165, 1.54) is 0 Å². The normalized spacial score (nSPS) is 12.2. The molecular weight excluding hydrogens is 336 g/mol. The number of halogens is 2. The molecule has 0 aromatic carbocycles. The van der Waals surface area contributed by atoms with Crippen LogP contribution in [0.2, 0.25) is 0 Å². The summed E-state index contributed by atoms with van der Waals surface area (Å²) >= 11 is 6.66. The van der Waals surface area contributed by atoms with Crippen LogP contribution in [-0.4, -0.2) is 22.3 Å². The van der Waals surface area contributed by atoms with Crippen molar-refractivity contribution in [3.63, 3.8) is 0 Å². The molecule has 1 amide bonds. The number of amides is 1. The number of nitrogens with zero attached hydrogens (tertiary/aromatic N) is 1. The maximum Gasteiger partial charge on any atom is 0.270 e. The highest BCUT2D eigenvalue weighted by molar-refractivity contribution is 9.10. The van der Waals surface area contributed by atoms with Crippen molar-refractivity contribution in [3.8, 4) is 0 Å². The van der Waals surface area contributed by atoms with Gasteiger partial charge in [0.1, 0.15) is 5.69 Å². The number of pyridine rings is 1. The smallest absolute Gasteiger partial charge is 0.270 e. The summed E-state index contributed by atoms with van der Waals surface area (Å²) in [6.45, 7) is 2.06. The van der Waals surface area contributed by atoms with Gasteiger partial charge in [-0.3, -0.25) is 4.79 Å². The quantitative estimate of drug-likeness (QED) is 0.830.